The lowest BCUT2D eigenvalue weighted by atomic mass is 10.1. The largest absolute Gasteiger partial charge is 0.496 e. The van der Waals surface area contributed by atoms with Gasteiger partial charge in [0.15, 0.2) is 0 Å². The van der Waals surface area contributed by atoms with Crippen LogP contribution in [-0.4, -0.2) is 48.1 Å². The Morgan fingerprint density at radius 1 is 1.15 bits per heavy atom. The molecule has 176 valence electrons. The minimum Gasteiger partial charge on any atom is -0.496 e. The molecule has 4 aromatic rings. The first kappa shape index (κ1) is 22.2. The Morgan fingerprint density at radius 2 is 1.94 bits per heavy atom. The van der Waals surface area contributed by atoms with E-state index in [-0.39, 0.29) is 5.91 Å². The van der Waals surface area contributed by atoms with Crippen LogP contribution in [0.15, 0.2) is 52.7 Å². The van der Waals surface area contributed by atoms with Gasteiger partial charge in [-0.05, 0) is 43.2 Å². The van der Waals surface area contributed by atoms with E-state index < -0.39 is 0 Å². The summed E-state index contributed by atoms with van der Waals surface area (Å²) in [6, 6.07) is 9.53. The second kappa shape index (κ2) is 9.72. The van der Waals surface area contributed by atoms with Crippen LogP contribution >= 0.6 is 11.3 Å². The highest BCUT2D eigenvalue weighted by atomic mass is 32.1. The molecular formula is C25H26N4O4S. The summed E-state index contributed by atoms with van der Waals surface area (Å²) in [6.07, 6.45) is 5.46. The zero-order chi connectivity index (χ0) is 23.5. The zero-order valence-corrected chi connectivity index (χ0v) is 20.0. The summed E-state index contributed by atoms with van der Waals surface area (Å²) in [6.45, 7) is 2.57. The summed E-state index contributed by atoms with van der Waals surface area (Å²) in [5, 5.41) is 0.850. The lowest BCUT2D eigenvalue weighted by Crippen LogP contribution is -2.31. The van der Waals surface area contributed by atoms with E-state index >= 15 is 0 Å². The highest BCUT2D eigenvalue weighted by molar-refractivity contribution is 7.11. The molecule has 0 radical (unpaired) electrons. The number of nitrogens with zero attached hydrogens (tertiary/aromatic N) is 4. The van der Waals surface area contributed by atoms with Crippen molar-refractivity contribution in [3.8, 4) is 11.5 Å². The van der Waals surface area contributed by atoms with Crippen LogP contribution in [0.1, 0.15) is 33.8 Å². The lowest BCUT2D eigenvalue weighted by Gasteiger charge is -2.26. The number of aromatic nitrogens is 2. The van der Waals surface area contributed by atoms with Crippen molar-refractivity contribution in [3.63, 3.8) is 0 Å². The summed E-state index contributed by atoms with van der Waals surface area (Å²) in [4.78, 5) is 27.2. The van der Waals surface area contributed by atoms with E-state index in [4.69, 9.17) is 18.9 Å². The van der Waals surface area contributed by atoms with Gasteiger partial charge >= 0.3 is 0 Å². The van der Waals surface area contributed by atoms with Gasteiger partial charge in [-0.2, -0.15) is 0 Å². The molecule has 1 amide bonds. The quantitative estimate of drug-likeness (QED) is 0.362. The minimum atomic E-state index is -0.0935. The molecule has 9 heteroatoms. The third-order valence-electron chi connectivity index (χ3n) is 6.03. The Kier molecular flexibility index (Phi) is 6.35. The molecule has 5 rings (SSSR count). The molecule has 0 bridgehead atoms. The molecule has 0 saturated carbocycles. The predicted molar refractivity (Wildman–Crippen MR) is 131 cm³/mol. The first-order valence-corrected chi connectivity index (χ1v) is 12.1. The van der Waals surface area contributed by atoms with Crippen LogP contribution in [0.5, 0.6) is 11.5 Å². The number of rotatable bonds is 8. The van der Waals surface area contributed by atoms with Crippen molar-refractivity contribution >= 4 is 34.0 Å². The average Bonchev–Trinajstić information content (AvgIpc) is 3.65. The van der Waals surface area contributed by atoms with Crippen molar-refractivity contribution in [2.75, 3.05) is 32.2 Å². The Hall–Kier alpha value is -3.59. The van der Waals surface area contributed by atoms with Crippen molar-refractivity contribution in [2.24, 2.45) is 0 Å². The van der Waals surface area contributed by atoms with Crippen molar-refractivity contribution in [3.05, 3.63) is 64.5 Å². The highest BCUT2D eigenvalue weighted by Gasteiger charge is 2.25. The normalized spacial score (nSPS) is 13.4. The summed E-state index contributed by atoms with van der Waals surface area (Å²) in [7, 11) is 3.29. The van der Waals surface area contributed by atoms with Crippen LogP contribution in [0.25, 0.3) is 10.9 Å². The van der Waals surface area contributed by atoms with Gasteiger partial charge in [0.25, 0.3) is 5.91 Å². The summed E-state index contributed by atoms with van der Waals surface area (Å²) in [5.74, 6) is 2.90. The van der Waals surface area contributed by atoms with E-state index in [9.17, 15) is 4.79 Å². The van der Waals surface area contributed by atoms with E-state index in [1.807, 2.05) is 24.3 Å². The number of amides is 1. The maximum Gasteiger partial charge on any atom is 0.266 e. The molecule has 0 N–H and O–H groups in total. The predicted octanol–water partition coefficient (Wildman–Crippen LogP) is 4.74. The second-order valence-electron chi connectivity index (χ2n) is 8.14. The lowest BCUT2D eigenvalue weighted by molar-refractivity contribution is 0.0722. The number of hydrogen-bond acceptors (Lipinski definition) is 8. The molecule has 1 saturated heterocycles. The zero-order valence-electron chi connectivity index (χ0n) is 19.2. The molecule has 3 aromatic heterocycles. The van der Waals surface area contributed by atoms with Crippen molar-refractivity contribution in [2.45, 2.75) is 25.9 Å². The number of thiazole rings is 1. The Balaban J connectivity index is 1.61. The molecule has 34 heavy (non-hydrogen) atoms. The summed E-state index contributed by atoms with van der Waals surface area (Å²) >= 11 is 1.33. The fourth-order valence-electron chi connectivity index (χ4n) is 4.38. The topological polar surface area (TPSA) is 80.9 Å². The van der Waals surface area contributed by atoms with Crippen molar-refractivity contribution in [1.29, 1.82) is 0 Å². The van der Waals surface area contributed by atoms with Gasteiger partial charge in [-0.1, -0.05) is 0 Å². The third-order valence-corrected chi connectivity index (χ3v) is 6.79. The molecule has 1 aliphatic heterocycles. The van der Waals surface area contributed by atoms with E-state index in [0.717, 1.165) is 48.2 Å². The molecular weight excluding hydrogens is 452 g/mol. The molecule has 8 nitrogen and oxygen atoms in total. The van der Waals surface area contributed by atoms with Gasteiger partial charge in [-0.3, -0.25) is 9.78 Å². The molecule has 0 spiro atoms. The number of furan rings is 1. The number of anilines is 1. The van der Waals surface area contributed by atoms with Crippen LogP contribution in [0.4, 0.5) is 5.82 Å². The van der Waals surface area contributed by atoms with E-state index in [1.165, 1.54) is 11.3 Å². The van der Waals surface area contributed by atoms with Crippen LogP contribution in [-0.2, 0) is 13.1 Å². The van der Waals surface area contributed by atoms with Crippen LogP contribution in [0.2, 0.25) is 0 Å². The van der Waals surface area contributed by atoms with Gasteiger partial charge in [0.05, 0.1) is 45.3 Å². The second-order valence-corrected chi connectivity index (χ2v) is 9.02. The highest BCUT2D eigenvalue weighted by Crippen LogP contribution is 2.37. The number of carbonyl (C=O) groups excluding carboxylic acids is 1. The van der Waals surface area contributed by atoms with Gasteiger partial charge in [-0.15, -0.1) is 11.3 Å². The summed E-state index contributed by atoms with van der Waals surface area (Å²) in [5.41, 5.74) is 3.37. The number of hydrogen-bond donors (Lipinski definition) is 0. The van der Waals surface area contributed by atoms with Crippen LogP contribution in [0, 0.1) is 0 Å². The maximum atomic E-state index is 13.4. The molecule has 0 atom stereocenters. The number of pyridine rings is 1. The molecule has 1 aromatic carbocycles. The van der Waals surface area contributed by atoms with Gasteiger partial charge in [0, 0.05) is 24.0 Å². The van der Waals surface area contributed by atoms with Gasteiger partial charge in [-0.25, -0.2) is 4.98 Å². The van der Waals surface area contributed by atoms with Crippen LogP contribution < -0.4 is 14.4 Å². The SMILES string of the molecule is COc1ccc(OC)c2nc(N3CCCC3)c(CN(Cc3ccco3)C(=O)c3cncs3)cc12. The number of carbonyl (C=O) groups is 1. The number of benzene rings is 1. The Bertz CT molecular complexity index is 1270. The maximum absolute atomic E-state index is 13.4. The average molecular weight is 479 g/mol. The summed E-state index contributed by atoms with van der Waals surface area (Å²) < 4.78 is 16.8. The molecule has 0 unspecified atom stereocenters. The smallest absolute Gasteiger partial charge is 0.266 e. The third kappa shape index (κ3) is 4.31. The van der Waals surface area contributed by atoms with Crippen molar-refractivity contribution in [1.82, 2.24) is 14.9 Å². The molecule has 1 fully saturated rings. The van der Waals surface area contributed by atoms with E-state index in [0.29, 0.717) is 35.2 Å². The first-order valence-electron chi connectivity index (χ1n) is 11.2. The molecule has 4 heterocycles. The minimum absolute atomic E-state index is 0.0935. The number of methoxy groups -OCH3 is 2. The molecule has 1 aliphatic rings. The number of fused-ring (bicyclic) bond motifs is 1. The fraction of sp³-hybridized carbons (Fsp3) is 0.320. The Morgan fingerprint density at radius 3 is 2.62 bits per heavy atom. The standard InChI is InChI=1S/C25H26N4O4S/c1-31-20-7-8-21(32-2)23-19(20)12-17(24(27-23)28-9-3-4-10-28)14-29(15-18-6-5-11-33-18)25(30)22-13-26-16-34-22/h5-8,11-13,16H,3-4,9-10,14-15H2,1-2H3. The van der Waals surface area contributed by atoms with Gasteiger partial charge in [0.1, 0.15) is 33.5 Å². The van der Waals surface area contributed by atoms with Gasteiger partial charge in [0.2, 0.25) is 0 Å². The van der Waals surface area contributed by atoms with E-state index in [1.54, 1.807) is 37.1 Å². The monoisotopic (exact) mass is 478 g/mol. The van der Waals surface area contributed by atoms with Crippen LogP contribution in [0.3, 0.4) is 0 Å². The van der Waals surface area contributed by atoms with E-state index in [2.05, 4.69) is 16.0 Å². The Labute approximate surface area is 201 Å². The fourth-order valence-corrected chi connectivity index (χ4v) is 4.96. The van der Waals surface area contributed by atoms with Crippen molar-refractivity contribution < 1.29 is 18.7 Å². The first-order chi connectivity index (χ1) is 16.7. The number of ether oxygens (including phenoxy) is 2. The van der Waals surface area contributed by atoms with Gasteiger partial charge < -0.3 is 23.7 Å². The molecule has 0 aliphatic carbocycles.